The van der Waals surface area contributed by atoms with Gasteiger partial charge in [-0.1, -0.05) is 19.1 Å². The molecule has 1 amide bonds. The molecule has 0 aliphatic rings. The first-order valence-corrected chi connectivity index (χ1v) is 6.49. The lowest BCUT2D eigenvalue weighted by molar-refractivity contribution is -0.126. The predicted octanol–water partition coefficient (Wildman–Crippen LogP) is 1.39. The summed E-state index contributed by atoms with van der Waals surface area (Å²) in [6.07, 6.45) is 0. The molecule has 17 heavy (non-hydrogen) atoms. The summed E-state index contributed by atoms with van der Waals surface area (Å²) in [5.41, 5.74) is 9.33. The lowest BCUT2D eigenvalue weighted by Gasteiger charge is -2.16. The van der Waals surface area contributed by atoms with Crippen LogP contribution in [0.15, 0.2) is 29.2 Å². The average molecular weight is 253 g/mol. The van der Waals surface area contributed by atoms with Gasteiger partial charge in [-0.25, -0.2) is 5.01 Å². The molecular weight excluding hydrogens is 234 g/mol. The first-order chi connectivity index (χ1) is 8.04. The fraction of sp³-hybridized carbons (Fsp3) is 0.417. The molecule has 1 unspecified atom stereocenters. The van der Waals surface area contributed by atoms with E-state index < -0.39 is 6.04 Å². The number of hydrazine groups is 1. The van der Waals surface area contributed by atoms with Crippen LogP contribution in [0.4, 0.5) is 0 Å². The molecule has 0 bridgehead atoms. The van der Waals surface area contributed by atoms with Crippen LogP contribution in [0, 0.1) is 0 Å². The monoisotopic (exact) mass is 253 g/mol. The van der Waals surface area contributed by atoms with Crippen molar-refractivity contribution in [2.75, 3.05) is 19.8 Å². The van der Waals surface area contributed by atoms with Crippen molar-refractivity contribution < 1.29 is 4.79 Å². The molecule has 3 N–H and O–H groups in total. The molecule has 0 saturated heterocycles. The third kappa shape index (κ3) is 4.38. The number of amides is 1. The maximum atomic E-state index is 11.7. The van der Waals surface area contributed by atoms with Crippen molar-refractivity contribution in [1.29, 1.82) is 0 Å². The van der Waals surface area contributed by atoms with Crippen molar-refractivity contribution >= 4 is 17.7 Å². The number of carbonyl (C=O) groups excluding carboxylic acids is 1. The number of carbonyl (C=O) groups is 1. The van der Waals surface area contributed by atoms with Gasteiger partial charge in [0, 0.05) is 19.0 Å². The van der Waals surface area contributed by atoms with Gasteiger partial charge in [0.2, 0.25) is 0 Å². The number of hydrogen-bond acceptors (Lipinski definition) is 4. The van der Waals surface area contributed by atoms with Gasteiger partial charge in [-0.05, 0) is 23.4 Å². The molecule has 1 aromatic rings. The van der Waals surface area contributed by atoms with Crippen LogP contribution in [0.25, 0.3) is 0 Å². The lowest BCUT2D eigenvalue weighted by Crippen LogP contribution is -2.41. The predicted molar refractivity (Wildman–Crippen MR) is 71.6 cm³/mol. The molecule has 0 fully saturated rings. The van der Waals surface area contributed by atoms with Gasteiger partial charge in [0.25, 0.3) is 5.91 Å². The van der Waals surface area contributed by atoms with E-state index in [1.165, 1.54) is 4.90 Å². The minimum atomic E-state index is -0.627. The molecule has 0 heterocycles. The summed E-state index contributed by atoms with van der Waals surface area (Å²) in [6.45, 7) is 2.11. The zero-order valence-electron chi connectivity index (χ0n) is 10.4. The van der Waals surface area contributed by atoms with Crippen LogP contribution in [0.3, 0.4) is 0 Å². The van der Waals surface area contributed by atoms with Crippen molar-refractivity contribution in [2.24, 2.45) is 5.73 Å². The zero-order valence-corrected chi connectivity index (χ0v) is 11.3. The second-order valence-electron chi connectivity index (χ2n) is 3.85. The number of nitrogens with zero attached hydrogens (tertiary/aromatic N) is 1. The van der Waals surface area contributed by atoms with Crippen LogP contribution in [0.1, 0.15) is 18.5 Å². The summed E-state index contributed by atoms with van der Waals surface area (Å²) < 4.78 is 0. The average Bonchev–Trinajstić information content (AvgIpc) is 2.28. The van der Waals surface area contributed by atoms with E-state index in [1.54, 1.807) is 30.9 Å². The number of nitrogens with one attached hydrogen (secondary N) is 1. The molecule has 0 aromatic heterocycles. The molecule has 1 atom stereocenters. The van der Waals surface area contributed by atoms with Crippen LogP contribution >= 0.6 is 11.8 Å². The van der Waals surface area contributed by atoms with Crippen molar-refractivity contribution in [2.45, 2.75) is 17.9 Å². The van der Waals surface area contributed by atoms with Gasteiger partial charge in [0.15, 0.2) is 0 Å². The van der Waals surface area contributed by atoms with E-state index in [0.29, 0.717) is 0 Å². The Hall–Kier alpha value is -1.04. The van der Waals surface area contributed by atoms with Gasteiger partial charge >= 0.3 is 0 Å². The SMILES string of the molecule is CCSc1ccc(C(N)C(=O)NN(C)C)cc1. The van der Waals surface area contributed by atoms with Crippen LogP contribution in [0.2, 0.25) is 0 Å². The topological polar surface area (TPSA) is 58.4 Å². The Bertz CT molecular complexity index is 365. The molecule has 0 radical (unpaired) electrons. The molecular formula is C12H19N3OS. The summed E-state index contributed by atoms with van der Waals surface area (Å²) in [7, 11) is 3.51. The largest absolute Gasteiger partial charge is 0.316 e. The van der Waals surface area contributed by atoms with E-state index in [2.05, 4.69) is 12.3 Å². The Morgan fingerprint density at radius 1 is 1.41 bits per heavy atom. The molecule has 94 valence electrons. The second kappa shape index (κ2) is 6.64. The zero-order chi connectivity index (χ0) is 12.8. The summed E-state index contributed by atoms with van der Waals surface area (Å²) in [6, 6.07) is 7.16. The first-order valence-electron chi connectivity index (χ1n) is 5.50. The van der Waals surface area contributed by atoms with Crippen molar-refractivity contribution in [3.05, 3.63) is 29.8 Å². The van der Waals surface area contributed by atoms with Gasteiger partial charge in [0.05, 0.1) is 0 Å². The van der Waals surface area contributed by atoms with E-state index in [4.69, 9.17) is 5.73 Å². The van der Waals surface area contributed by atoms with Gasteiger partial charge in [-0.15, -0.1) is 11.8 Å². The maximum absolute atomic E-state index is 11.7. The summed E-state index contributed by atoms with van der Waals surface area (Å²) in [5.74, 6) is 0.831. The van der Waals surface area contributed by atoms with Crippen molar-refractivity contribution in [3.8, 4) is 0 Å². The van der Waals surface area contributed by atoms with Gasteiger partial charge in [0.1, 0.15) is 6.04 Å². The molecule has 0 aliphatic carbocycles. The number of hydrogen-bond donors (Lipinski definition) is 2. The lowest BCUT2D eigenvalue weighted by atomic mass is 10.1. The Balaban J connectivity index is 2.68. The van der Waals surface area contributed by atoms with Crippen molar-refractivity contribution in [1.82, 2.24) is 10.4 Å². The number of thioether (sulfide) groups is 1. The molecule has 0 aliphatic heterocycles. The highest BCUT2D eigenvalue weighted by Gasteiger charge is 2.15. The van der Waals surface area contributed by atoms with Gasteiger partial charge in [-0.2, -0.15) is 0 Å². The molecule has 0 spiro atoms. The van der Waals surface area contributed by atoms with E-state index in [-0.39, 0.29) is 5.91 Å². The smallest absolute Gasteiger partial charge is 0.255 e. The fourth-order valence-electron chi connectivity index (χ4n) is 1.38. The normalized spacial score (nSPS) is 12.5. The summed E-state index contributed by atoms with van der Waals surface area (Å²) in [4.78, 5) is 12.9. The Morgan fingerprint density at radius 3 is 2.47 bits per heavy atom. The number of rotatable bonds is 5. The summed E-state index contributed by atoms with van der Waals surface area (Å²) >= 11 is 1.77. The Kier molecular flexibility index (Phi) is 5.47. The Labute approximate surface area is 107 Å². The minimum absolute atomic E-state index is 0.203. The van der Waals surface area contributed by atoms with Gasteiger partial charge in [-0.3, -0.25) is 10.2 Å². The molecule has 0 saturated carbocycles. The van der Waals surface area contributed by atoms with E-state index >= 15 is 0 Å². The van der Waals surface area contributed by atoms with Gasteiger partial charge < -0.3 is 5.73 Å². The van der Waals surface area contributed by atoms with Crippen LogP contribution in [-0.2, 0) is 4.79 Å². The van der Waals surface area contributed by atoms with Crippen LogP contribution in [-0.4, -0.2) is 30.8 Å². The quantitative estimate of drug-likeness (QED) is 0.615. The van der Waals surface area contributed by atoms with Crippen molar-refractivity contribution in [3.63, 3.8) is 0 Å². The van der Waals surface area contributed by atoms with Crippen LogP contribution in [0.5, 0.6) is 0 Å². The fourth-order valence-corrected chi connectivity index (χ4v) is 2.04. The van der Waals surface area contributed by atoms with E-state index in [0.717, 1.165) is 11.3 Å². The highest BCUT2D eigenvalue weighted by molar-refractivity contribution is 7.99. The summed E-state index contributed by atoms with van der Waals surface area (Å²) in [5, 5.41) is 1.59. The molecule has 1 rings (SSSR count). The van der Waals surface area contributed by atoms with E-state index in [9.17, 15) is 4.79 Å². The standard InChI is InChI=1S/C12H19N3OS/c1-4-17-10-7-5-9(6-8-10)11(13)12(16)14-15(2)3/h5-8,11H,4,13H2,1-3H3,(H,14,16). The molecule has 1 aromatic carbocycles. The number of nitrogens with two attached hydrogens (primary N) is 1. The van der Waals surface area contributed by atoms with Crippen LogP contribution < -0.4 is 11.2 Å². The highest BCUT2D eigenvalue weighted by atomic mass is 32.2. The maximum Gasteiger partial charge on any atom is 0.255 e. The third-order valence-electron chi connectivity index (χ3n) is 2.17. The molecule has 4 nitrogen and oxygen atoms in total. The molecule has 5 heteroatoms. The minimum Gasteiger partial charge on any atom is -0.316 e. The Morgan fingerprint density at radius 2 is 2.00 bits per heavy atom. The third-order valence-corrected chi connectivity index (χ3v) is 3.06. The second-order valence-corrected chi connectivity index (χ2v) is 5.19. The van der Waals surface area contributed by atoms with E-state index in [1.807, 2.05) is 24.3 Å². The first kappa shape index (κ1) is 14.0. The number of benzene rings is 1. The highest BCUT2D eigenvalue weighted by Crippen LogP contribution is 2.20.